The highest BCUT2D eigenvalue weighted by Crippen LogP contribution is 2.38. The molecular formula is C15H6F8O4. The first-order valence-corrected chi connectivity index (χ1v) is 6.65. The fraction of sp³-hybridized carbons (Fsp3) is 0.133. The maximum absolute atomic E-state index is 13.9. The van der Waals surface area contributed by atoms with Crippen LogP contribution in [0.15, 0.2) is 30.3 Å². The summed E-state index contributed by atoms with van der Waals surface area (Å²) in [7, 11) is 0. The van der Waals surface area contributed by atoms with Gasteiger partial charge in [-0.2, -0.15) is 13.2 Å². The highest BCUT2D eigenvalue weighted by Gasteiger charge is 2.37. The molecule has 0 aliphatic heterocycles. The zero-order valence-corrected chi connectivity index (χ0v) is 12.6. The maximum atomic E-state index is 13.9. The average molecular weight is 402 g/mol. The van der Waals surface area contributed by atoms with Crippen LogP contribution in [0.5, 0.6) is 17.2 Å². The molecule has 0 aromatic heterocycles. The number of carboxylic acid groups (broad SMARTS) is 1. The molecule has 0 bridgehead atoms. The van der Waals surface area contributed by atoms with E-state index in [4.69, 9.17) is 9.84 Å². The van der Waals surface area contributed by atoms with Crippen molar-refractivity contribution in [2.75, 3.05) is 0 Å². The predicted molar refractivity (Wildman–Crippen MR) is 71.5 cm³/mol. The van der Waals surface area contributed by atoms with Gasteiger partial charge in [0.15, 0.2) is 17.4 Å². The first-order chi connectivity index (χ1) is 12.3. The molecule has 0 aliphatic carbocycles. The molecule has 12 heteroatoms. The van der Waals surface area contributed by atoms with Crippen molar-refractivity contribution in [3.63, 3.8) is 0 Å². The van der Waals surface area contributed by atoms with Crippen molar-refractivity contribution in [1.82, 2.24) is 0 Å². The normalized spacial score (nSPS) is 12.0. The minimum atomic E-state index is -5.20. The van der Waals surface area contributed by atoms with Gasteiger partial charge in [-0.15, -0.1) is 13.2 Å². The monoisotopic (exact) mass is 402 g/mol. The standard InChI is InChI=1S/C15H6F8O4/c16-8-5-6(27-15(21,22)23)1-3-9(8)26-10-4-2-7(14(18,19)20)12(17)11(10)13(24)25/h1-5H,(H,24,25). The van der Waals surface area contributed by atoms with E-state index in [1.807, 2.05) is 0 Å². The molecule has 0 saturated carbocycles. The molecular weight excluding hydrogens is 396 g/mol. The number of aromatic carboxylic acids is 1. The molecule has 0 spiro atoms. The van der Waals surface area contributed by atoms with E-state index in [0.29, 0.717) is 18.2 Å². The van der Waals surface area contributed by atoms with Gasteiger partial charge in [-0.25, -0.2) is 13.6 Å². The number of halogens is 8. The molecule has 2 aromatic carbocycles. The molecule has 0 atom stereocenters. The Bertz CT molecular complexity index is 873. The number of rotatable bonds is 4. The van der Waals surface area contributed by atoms with Crippen molar-refractivity contribution < 1.29 is 54.5 Å². The lowest BCUT2D eigenvalue weighted by molar-refractivity contribution is -0.274. The fourth-order valence-corrected chi connectivity index (χ4v) is 1.94. The zero-order chi connectivity index (χ0) is 20.6. The summed E-state index contributed by atoms with van der Waals surface area (Å²) < 4.78 is 110. The van der Waals surface area contributed by atoms with Crippen molar-refractivity contribution in [3.8, 4) is 17.2 Å². The van der Waals surface area contributed by atoms with E-state index >= 15 is 0 Å². The fourth-order valence-electron chi connectivity index (χ4n) is 1.94. The molecule has 2 aromatic rings. The topological polar surface area (TPSA) is 55.8 Å². The summed E-state index contributed by atoms with van der Waals surface area (Å²) in [6.45, 7) is 0. The molecule has 0 heterocycles. The van der Waals surface area contributed by atoms with Gasteiger partial charge in [0.25, 0.3) is 0 Å². The van der Waals surface area contributed by atoms with E-state index in [1.54, 1.807) is 0 Å². The molecule has 1 N–H and O–H groups in total. The number of hydrogen-bond donors (Lipinski definition) is 1. The van der Waals surface area contributed by atoms with Crippen molar-refractivity contribution in [2.24, 2.45) is 0 Å². The minimum absolute atomic E-state index is 0.177. The Morgan fingerprint density at radius 1 is 0.926 bits per heavy atom. The van der Waals surface area contributed by atoms with E-state index in [2.05, 4.69) is 4.74 Å². The number of alkyl halides is 6. The second-order valence-electron chi connectivity index (χ2n) is 4.85. The van der Waals surface area contributed by atoms with E-state index in [-0.39, 0.29) is 12.1 Å². The number of carbonyl (C=O) groups is 1. The van der Waals surface area contributed by atoms with Crippen LogP contribution in [0.2, 0.25) is 0 Å². The highest BCUT2D eigenvalue weighted by molar-refractivity contribution is 5.91. The summed E-state index contributed by atoms with van der Waals surface area (Å²) in [5.74, 6) is -8.59. The third-order valence-electron chi connectivity index (χ3n) is 2.98. The molecule has 2 rings (SSSR count). The molecule has 0 radical (unpaired) electrons. The van der Waals surface area contributed by atoms with E-state index in [1.165, 1.54) is 0 Å². The molecule has 27 heavy (non-hydrogen) atoms. The lowest BCUT2D eigenvalue weighted by Crippen LogP contribution is -2.17. The third kappa shape index (κ3) is 4.77. The second-order valence-corrected chi connectivity index (χ2v) is 4.85. The second kappa shape index (κ2) is 6.93. The number of carboxylic acids is 1. The molecule has 0 unspecified atom stereocenters. The van der Waals surface area contributed by atoms with Gasteiger partial charge in [-0.1, -0.05) is 0 Å². The first kappa shape index (κ1) is 20.3. The summed E-state index contributed by atoms with van der Waals surface area (Å²) in [5, 5.41) is 8.93. The van der Waals surface area contributed by atoms with Crippen molar-refractivity contribution in [3.05, 3.63) is 53.1 Å². The van der Waals surface area contributed by atoms with Gasteiger partial charge in [0.1, 0.15) is 17.1 Å². The Balaban J connectivity index is 2.43. The maximum Gasteiger partial charge on any atom is 0.573 e. The van der Waals surface area contributed by atoms with Crippen molar-refractivity contribution >= 4 is 5.97 Å². The largest absolute Gasteiger partial charge is 0.573 e. The molecule has 146 valence electrons. The Labute approximate surface area is 144 Å². The van der Waals surface area contributed by atoms with E-state index in [9.17, 15) is 39.9 Å². The number of ether oxygens (including phenoxy) is 2. The SMILES string of the molecule is O=C(O)c1c(Oc2ccc(OC(F)(F)F)cc2F)ccc(C(F)(F)F)c1F. The lowest BCUT2D eigenvalue weighted by atomic mass is 10.1. The Morgan fingerprint density at radius 2 is 1.52 bits per heavy atom. The smallest absolute Gasteiger partial charge is 0.477 e. The first-order valence-electron chi connectivity index (χ1n) is 6.65. The van der Waals surface area contributed by atoms with Crippen molar-refractivity contribution in [1.29, 1.82) is 0 Å². The van der Waals surface area contributed by atoms with Gasteiger partial charge >= 0.3 is 18.5 Å². The number of benzene rings is 2. The molecule has 0 amide bonds. The van der Waals surface area contributed by atoms with E-state index < -0.39 is 58.5 Å². The molecule has 0 aliphatic rings. The molecule has 0 fully saturated rings. The van der Waals surface area contributed by atoms with Gasteiger partial charge in [-0.3, -0.25) is 0 Å². The quantitative estimate of drug-likeness (QED) is 0.699. The van der Waals surface area contributed by atoms with Crippen LogP contribution < -0.4 is 9.47 Å². The lowest BCUT2D eigenvalue weighted by Gasteiger charge is -2.15. The average Bonchev–Trinajstić information content (AvgIpc) is 2.46. The van der Waals surface area contributed by atoms with Crippen LogP contribution in [-0.2, 0) is 6.18 Å². The summed E-state index contributed by atoms with van der Waals surface area (Å²) >= 11 is 0. The highest BCUT2D eigenvalue weighted by atomic mass is 19.4. The van der Waals surface area contributed by atoms with Crippen LogP contribution in [0.4, 0.5) is 35.1 Å². The van der Waals surface area contributed by atoms with Crippen LogP contribution in [-0.4, -0.2) is 17.4 Å². The van der Waals surface area contributed by atoms with Gasteiger partial charge in [0.05, 0.1) is 5.56 Å². The van der Waals surface area contributed by atoms with Gasteiger partial charge in [-0.05, 0) is 24.3 Å². The summed E-state index contributed by atoms with van der Waals surface area (Å²) in [4.78, 5) is 11.1. The predicted octanol–water partition coefficient (Wildman–Crippen LogP) is 5.37. The van der Waals surface area contributed by atoms with Gasteiger partial charge in [0, 0.05) is 6.07 Å². The Hall–Kier alpha value is -3.05. The van der Waals surface area contributed by atoms with Crippen LogP contribution in [0.25, 0.3) is 0 Å². The van der Waals surface area contributed by atoms with Crippen LogP contribution >= 0.6 is 0 Å². The van der Waals surface area contributed by atoms with Crippen LogP contribution in [0.1, 0.15) is 15.9 Å². The van der Waals surface area contributed by atoms with Crippen LogP contribution in [0.3, 0.4) is 0 Å². The van der Waals surface area contributed by atoms with Crippen molar-refractivity contribution in [2.45, 2.75) is 12.5 Å². The van der Waals surface area contributed by atoms with Gasteiger partial charge in [0.2, 0.25) is 0 Å². The third-order valence-corrected chi connectivity index (χ3v) is 2.98. The molecule has 4 nitrogen and oxygen atoms in total. The van der Waals surface area contributed by atoms with Gasteiger partial charge < -0.3 is 14.6 Å². The zero-order valence-electron chi connectivity index (χ0n) is 12.6. The summed E-state index contributed by atoms with van der Waals surface area (Å²) in [5.41, 5.74) is -3.42. The Kier molecular flexibility index (Phi) is 5.20. The number of hydrogen-bond acceptors (Lipinski definition) is 3. The summed E-state index contributed by atoms with van der Waals surface area (Å²) in [6, 6.07) is 2.05. The molecule has 0 saturated heterocycles. The minimum Gasteiger partial charge on any atom is -0.477 e. The Morgan fingerprint density at radius 3 is 2.00 bits per heavy atom. The summed E-state index contributed by atoms with van der Waals surface area (Å²) in [6.07, 6.45) is -10.3. The van der Waals surface area contributed by atoms with E-state index in [0.717, 1.165) is 0 Å². The van der Waals surface area contributed by atoms with Crippen LogP contribution in [0, 0.1) is 11.6 Å².